The van der Waals surface area contributed by atoms with E-state index in [1.54, 1.807) is 12.1 Å². The molecule has 0 aliphatic carbocycles. The molecule has 0 aliphatic rings. The van der Waals surface area contributed by atoms with Crippen molar-refractivity contribution in [1.29, 1.82) is 0 Å². The number of hydrogen-bond donors (Lipinski definition) is 3. The van der Waals surface area contributed by atoms with Crippen molar-refractivity contribution in [2.24, 2.45) is 5.73 Å². The SMILES string of the molecule is CC(C)NC(=O)Nc1ccc(Br)cc1C(N)=S. The van der Waals surface area contributed by atoms with Crippen LogP contribution in [0, 0.1) is 0 Å². The van der Waals surface area contributed by atoms with Gasteiger partial charge in [0.2, 0.25) is 0 Å². The first kappa shape index (κ1) is 13.9. The molecular weight excluding hydrogens is 302 g/mol. The van der Waals surface area contributed by atoms with Gasteiger partial charge >= 0.3 is 6.03 Å². The molecule has 0 bridgehead atoms. The summed E-state index contributed by atoms with van der Waals surface area (Å²) in [4.78, 5) is 11.8. The topological polar surface area (TPSA) is 67.2 Å². The van der Waals surface area contributed by atoms with E-state index in [4.69, 9.17) is 18.0 Å². The number of nitrogens with two attached hydrogens (primary N) is 1. The predicted molar refractivity (Wildman–Crippen MR) is 77.3 cm³/mol. The van der Waals surface area contributed by atoms with Gasteiger partial charge in [-0.15, -0.1) is 0 Å². The summed E-state index contributed by atoms with van der Waals surface area (Å²) in [5, 5.41) is 5.44. The zero-order valence-electron chi connectivity index (χ0n) is 9.58. The minimum atomic E-state index is -0.278. The highest BCUT2D eigenvalue weighted by Gasteiger charge is 2.09. The number of thiocarbonyl (C=S) groups is 1. The van der Waals surface area contributed by atoms with Gasteiger partial charge in [0, 0.05) is 16.1 Å². The van der Waals surface area contributed by atoms with Crippen molar-refractivity contribution in [3.63, 3.8) is 0 Å². The van der Waals surface area contributed by atoms with E-state index in [0.717, 1.165) is 4.47 Å². The van der Waals surface area contributed by atoms with Gasteiger partial charge in [0.15, 0.2) is 0 Å². The number of urea groups is 1. The minimum absolute atomic E-state index is 0.0683. The van der Waals surface area contributed by atoms with Crippen LogP contribution < -0.4 is 16.4 Å². The summed E-state index contributed by atoms with van der Waals surface area (Å²) >= 11 is 8.26. The highest BCUT2D eigenvalue weighted by atomic mass is 79.9. The summed E-state index contributed by atoms with van der Waals surface area (Å²) < 4.78 is 0.857. The Morgan fingerprint density at radius 3 is 2.65 bits per heavy atom. The van der Waals surface area contributed by atoms with Crippen LogP contribution in [0.4, 0.5) is 10.5 Å². The molecule has 92 valence electrons. The standard InChI is InChI=1S/C11H14BrN3OS/c1-6(2)14-11(16)15-9-4-3-7(12)5-8(9)10(13)17/h3-6H,1-2H3,(H2,13,17)(H2,14,15,16). The minimum Gasteiger partial charge on any atom is -0.389 e. The van der Waals surface area contributed by atoms with Crippen molar-refractivity contribution >= 4 is 44.9 Å². The lowest BCUT2D eigenvalue weighted by Gasteiger charge is -2.13. The van der Waals surface area contributed by atoms with E-state index >= 15 is 0 Å². The second-order valence-corrected chi connectivity index (χ2v) is 5.16. The van der Waals surface area contributed by atoms with Crippen molar-refractivity contribution in [2.45, 2.75) is 19.9 Å². The van der Waals surface area contributed by atoms with Crippen LogP contribution in [0.25, 0.3) is 0 Å². The molecule has 0 saturated carbocycles. The summed E-state index contributed by atoms with van der Waals surface area (Å²) in [7, 11) is 0. The molecule has 1 rings (SSSR count). The Labute approximate surface area is 114 Å². The van der Waals surface area contributed by atoms with Gasteiger partial charge in [-0.05, 0) is 32.0 Å². The van der Waals surface area contributed by atoms with Gasteiger partial charge < -0.3 is 16.4 Å². The zero-order chi connectivity index (χ0) is 13.0. The molecule has 4 nitrogen and oxygen atoms in total. The average Bonchev–Trinajstić information content (AvgIpc) is 2.19. The maximum atomic E-state index is 11.6. The highest BCUT2D eigenvalue weighted by molar-refractivity contribution is 9.10. The summed E-state index contributed by atoms with van der Waals surface area (Å²) in [6.45, 7) is 3.77. The molecule has 0 aromatic heterocycles. The number of hydrogen-bond acceptors (Lipinski definition) is 2. The van der Waals surface area contributed by atoms with E-state index in [1.165, 1.54) is 0 Å². The number of amides is 2. The summed E-state index contributed by atoms with van der Waals surface area (Å²) in [5.74, 6) is 0. The summed E-state index contributed by atoms with van der Waals surface area (Å²) in [6.07, 6.45) is 0. The Bertz CT molecular complexity index is 448. The molecule has 0 unspecified atom stereocenters. The van der Waals surface area contributed by atoms with E-state index in [1.807, 2.05) is 19.9 Å². The van der Waals surface area contributed by atoms with E-state index < -0.39 is 0 Å². The van der Waals surface area contributed by atoms with Crippen molar-refractivity contribution < 1.29 is 4.79 Å². The third-order valence-electron chi connectivity index (χ3n) is 1.92. The third kappa shape index (κ3) is 4.32. The van der Waals surface area contributed by atoms with Crippen molar-refractivity contribution in [2.75, 3.05) is 5.32 Å². The fourth-order valence-corrected chi connectivity index (χ4v) is 1.78. The molecular formula is C11H14BrN3OS. The van der Waals surface area contributed by atoms with Gasteiger partial charge in [-0.3, -0.25) is 0 Å². The van der Waals surface area contributed by atoms with Gasteiger partial charge in [0.25, 0.3) is 0 Å². The Balaban J connectivity index is 2.91. The Kier molecular flexibility index (Phi) is 4.89. The van der Waals surface area contributed by atoms with Gasteiger partial charge in [-0.2, -0.15) is 0 Å². The number of anilines is 1. The van der Waals surface area contributed by atoms with Crippen LogP contribution in [0.15, 0.2) is 22.7 Å². The molecule has 1 aromatic rings. The maximum absolute atomic E-state index is 11.6. The van der Waals surface area contributed by atoms with Crippen molar-refractivity contribution in [1.82, 2.24) is 5.32 Å². The monoisotopic (exact) mass is 315 g/mol. The molecule has 0 heterocycles. The van der Waals surface area contributed by atoms with Crippen LogP contribution in [0.2, 0.25) is 0 Å². The first-order chi connectivity index (χ1) is 7.90. The lowest BCUT2D eigenvalue weighted by atomic mass is 10.2. The van der Waals surface area contributed by atoms with E-state index in [-0.39, 0.29) is 17.1 Å². The first-order valence-corrected chi connectivity index (χ1v) is 6.27. The first-order valence-electron chi connectivity index (χ1n) is 5.07. The zero-order valence-corrected chi connectivity index (χ0v) is 12.0. The summed E-state index contributed by atoms with van der Waals surface area (Å²) in [6, 6.07) is 5.12. The Hall–Kier alpha value is -1.14. The summed E-state index contributed by atoms with van der Waals surface area (Å²) in [5.41, 5.74) is 6.83. The predicted octanol–water partition coefficient (Wildman–Crippen LogP) is 2.61. The number of carbonyl (C=O) groups excluding carboxylic acids is 1. The van der Waals surface area contributed by atoms with Gasteiger partial charge in [-0.25, -0.2) is 4.79 Å². The van der Waals surface area contributed by atoms with E-state index in [0.29, 0.717) is 11.3 Å². The fraction of sp³-hybridized carbons (Fsp3) is 0.273. The molecule has 0 spiro atoms. The number of rotatable bonds is 3. The highest BCUT2D eigenvalue weighted by Crippen LogP contribution is 2.21. The molecule has 1 aromatic carbocycles. The molecule has 6 heteroatoms. The van der Waals surface area contributed by atoms with Gasteiger partial charge in [0.05, 0.1) is 5.69 Å². The van der Waals surface area contributed by atoms with Gasteiger partial charge in [0.1, 0.15) is 4.99 Å². The normalized spacial score (nSPS) is 10.1. The van der Waals surface area contributed by atoms with Crippen LogP contribution in [0.5, 0.6) is 0 Å². The van der Waals surface area contributed by atoms with Crippen LogP contribution in [0.3, 0.4) is 0 Å². The van der Waals surface area contributed by atoms with E-state index in [2.05, 4.69) is 26.6 Å². The van der Waals surface area contributed by atoms with Crippen molar-refractivity contribution in [3.8, 4) is 0 Å². The molecule has 0 fully saturated rings. The Morgan fingerprint density at radius 2 is 2.12 bits per heavy atom. The lowest BCUT2D eigenvalue weighted by Crippen LogP contribution is -2.34. The number of nitrogens with one attached hydrogen (secondary N) is 2. The average molecular weight is 316 g/mol. The van der Waals surface area contributed by atoms with Crippen LogP contribution in [0.1, 0.15) is 19.4 Å². The molecule has 0 aliphatic heterocycles. The van der Waals surface area contributed by atoms with Gasteiger partial charge in [-0.1, -0.05) is 28.1 Å². The molecule has 0 atom stereocenters. The number of halogens is 1. The number of benzene rings is 1. The molecule has 2 amide bonds. The maximum Gasteiger partial charge on any atom is 0.319 e. The van der Waals surface area contributed by atoms with Crippen LogP contribution in [-0.2, 0) is 0 Å². The molecule has 0 saturated heterocycles. The lowest BCUT2D eigenvalue weighted by molar-refractivity contribution is 0.250. The quantitative estimate of drug-likeness (QED) is 0.751. The van der Waals surface area contributed by atoms with Crippen LogP contribution in [-0.4, -0.2) is 17.1 Å². The smallest absolute Gasteiger partial charge is 0.319 e. The van der Waals surface area contributed by atoms with Crippen molar-refractivity contribution in [3.05, 3.63) is 28.2 Å². The number of carbonyl (C=O) groups is 1. The Morgan fingerprint density at radius 1 is 1.47 bits per heavy atom. The van der Waals surface area contributed by atoms with Crippen LogP contribution >= 0.6 is 28.1 Å². The second kappa shape index (κ2) is 5.97. The fourth-order valence-electron chi connectivity index (χ4n) is 1.25. The largest absolute Gasteiger partial charge is 0.389 e. The molecule has 4 N–H and O–H groups in total. The third-order valence-corrected chi connectivity index (χ3v) is 2.63. The second-order valence-electron chi connectivity index (χ2n) is 3.81. The van der Waals surface area contributed by atoms with E-state index in [9.17, 15) is 4.79 Å². The molecule has 17 heavy (non-hydrogen) atoms. The molecule has 0 radical (unpaired) electrons.